The van der Waals surface area contributed by atoms with Gasteiger partial charge in [-0.25, -0.2) is 8.42 Å². The van der Waals surface area contributed by atoms with Gasteiger partial charge in [0.25, 0.3) is 0 Å². The van der Waals surface area contributed by atoms with E-state index in [2.05, 4.69) is 4.90 Å². The van der Waals surface area contributed by atoms with Crippen molar-refractivity contribution in [3.8, 4) is 0 Å². The highest BCUT2D eigenvalue weighted by Crippen LogP contribution is 2.21. The lowest BCUT2D eigenvalue weighted by Gasteiger charge is -2.32. The number of carbonyl (C=O) groups is 1. The zero-order valence-electron chi connectivity index (χ0n) is 15.4. The molecular formula is C20H28N2O3S. The van der Waals surface area contributed by atoms with Crippen LogP contribution in [0.15, 0.2) is 35.2 Å². The number of nitrogens with zero attached hydrogens (tertiary/aromatic N) is 2. The Morgan fingerprint density at radius 1 is 1.08 bits per heavy atom. The number of sulfone groups is 1. The van der Waals surface area contributed by atoms with E-state index < -0.39 is 9.84 Å². The summed E-state index contributed by atoms with van der Waals surface area (Å²) in [5.74, 6) is 0.0525. The largest absolute Gasteiger partial charge is 0.335 e. The quantitative estimate of drug-likeness (QED) is 0.741. The average Bonchev–Trinajstić information content (AvgIpc) is 3.08. The fourth-order valence-electron chi connectivity index (χ4n) is 3.85. The standard InChI is InChI=1S/C20H28N2O3S/c1-26(24,25)19-10-7-17(8-11-19)9-12-20(23)22-15-5-6-18(22)16-21-13-3-2-4-14-21/h7-12,18H,2-6,13-16H2,1H3/b12-9+. The van der Waals surface area contributed by atoms with Crippen molar-refractivity contribution in [2.75, 3.05) is 32.4 Å². The summed E-state index contributed by atoms with van der Waals surface area (Å²) in [6, 6.07) is 6.94. The maximum atomic E-state index is 12.6. The van der Waals surface area contributed by atoms with Gasteiger partial charge >= 0.3 is 0 Å². The van der Waals surface area contributed by atoms with E-state index in [4.69, 9.17) is 0 Å². The van der Waals surface area contributed by atoms with Crippen LogP contribution in [0.1, 0.15) is 37.7 Å². The van der Waals surface area contributed by atoms with Gasteiger partial charge in [0.1, 0.15) is 0 Å². The lowest BCUT2D eigenvalue weighted by Crippen LogP contribution is -2.44. The van der Waals surface area contributed by atoms with E-state index in [1.54, 1.807) is 36.4 Å². The minimum absolute atomic E-state index is 0.0525. The summed E-state index contributed by atoms with van der Waals surface area (Å²) in [6.45, 7) is 4.12. The molecule has 2 heterocycles. The topological polar surface area (TPSA) is 57.7 Å². The molecule has 2 aliphatic heterocycles. The molecule has 0 radical (unpaired) electrons. The molecule has 1 amide bonds. The second kappa shape index (κ2) is 8.35. The van der Waals surface area contributed by atoms with Crippen molar-refractivity contribution in [2.24, 2.45) is 0 Å². The van der Waals surface area contributed by atoms with Crippen molar-refractivity contribution in [1.29, 1.82) is 0 Å². The number of hydrogen-bond acceptors (Lipinski definition) is 4. The van der Waals surface area contributed by atoms with Crippen LogP contribution in [0, 0.1) is 0 Å². The Hall–Kier alpha value is -1.66. The fraction of sp³-hybridized carbons (Fsp3) is 0.550. The molecule has 6 heteroatoms. The van der Waals surface area contributed by atoms with Crippen LogP contribution in [0.4, 0.5) is 0 Å². The fourth-order valence-corrected chi connectivity index (χ4v) is 4.48. The molecule has 5 nitrogen and oxygen atoms in total. The summed E-state index contributed by atoms with van der Waals surface area (Å²) >= 11 is 0. The maximum absolute atomic E-state index is 12.6. The van der Waals surface area contributed by atoms with Crippen molar-refractivity contribution in [3.05, 3.63) is 35.9 Å². The number of hydrogen-bond donors (Lipinski definition) is 0. The Morgan fingerprint density at radius 3 is 2.42 bits per heavy atom. The second-order valence-corrected chi connectivity index (χ2v) is 9.38. The van der Waals surface area contributed by atoms with E-state index in [1.807, 2.05) is 4.90 Å². The summed E-state index contributed by atoms with van der Waals surface area (Å²) < 4.78 is 23.0. The van der Waals surface area contributed by atoms with Gasteiger partial charge < -0.3 is 9.80 Å². The predicted molar refractivity (Wildman–Crippen MR) is 104 cm³/mol. The third-order valence-corrected chi connectivity index (χ3v) is 6.43. The lowest BCUT2D eigenvalue weighted by molar-refractivity contribution is -0.127. The molecule has 0 aliphatic carbocycles. The zero-order chi connectivity index (χ0) is 18.6. The summed E-state index contributed by atoms with van der Waals surface area (Å²) in [4.78, 5) is 17.4. The number of likely N-dealkylation sites (tertiary alicyclic amines) is 2. The summed E-state index contributed by atoms with van der Waals surface area (Å²) in [5.41, 5.74) is 0.831. The van der Waals surface area contributed by atoms with Gasteiger partial charge in [-0.3, -0.25) is 4.79 Å². The van der Waals surface area contributed by atoms with Crippen LogP contribution >= 0.6 is 0 Å². The monoisotopic (exact) mass is 376 g/mol. The highest BCUT2D eigenvalue weighted by atomic mass is 32.2. The Kier molecular flexibility index (Phi) is 6.14. The normalized spacial score (nSPS) is 22.2. The molecule has 2 saturated heterocycles. The van der Waals surface area contributed by atoms with E-state index in [0.29, 0.717) is 10.9 Å². The Morgan fingerprint density at radius 2 is 1.77 bits per heavy atom. The van der Waals surface area contributed by atoms with E-state index >= 15 is 0 Å². The first-order chi connectivity index (χ1) is 12.4. The molecule has 1 aromatic carbocycles. The molecule has 2 fully saturated rings. The molecule has 1 atom stereocenters. The SMILES string of the molecule is CS(=O)(=O)c1ccc(/C=C/C(=O)N2CCCC2CN2CCCCC2)cc1. The average molecular weight is 377 g/mol. The van der Waals surface area contributed by atoms with Crippen molar-refractivity contribution < 1.29 is 13.2 Å². The minimum Gasteiger partial charge on any atom is -0.335 e. The van der Waals surface area contributed by atoms with Gasteiger partial charge in [0.15, 0.2) is 9.84 Å². The van der Waals surface area contributed by atoms with Gasteiger partial charge in [-0.05, 0) is 62.5 Å². The van der Waals surface area contributed by atoms with E-state index in [0.717, 1.165) is 44.6 Å². The molecule has 26 heavy (non-hydrogen) atoms. The summed E-state index contributed by atoms with van der Waals surface area (Å²) in [7, 11) is -3.19. The molecule has 0 aromatic heterocycles. The van der Waals surface area contributed by atoms with Gasteiger partial charge in [-0.15, -0.1) is 0 Å². The first kappa shape index (κ1) is 19.1. The molecule has 1 unspecified atom stereocenters. The number of benzene rings is 1. The smallest absolute Gasteiger partial charge is 0.246 e. The van der Waals surface area contributed by atoms with Crippen molar-refractivity contribution >= 4 is 21.8 Å². The zero-order valence-corrected chi connectivity index (χ0v) is 16.2. The minimum atomic E-state index is -3.19. The number of rotatable bonds is 5. The molecule has 3 rings (SSSR count). The van der Waals surface area contributed by atoms with E-state index in [9.17, 15) is 13.2 Å². The third kappa shape index (κ3) is 4.95. The Balaban J connectivity index is 1.60. The third-order valence-electron chi connectivity index (χ3n) is 5.30. The van der Waals surface area contributed by atoms with Crippen LogP contribution in [0.3, 0.4) is 0 Å². The second-order valence-electron chi connectivity index (χ2n) is 7.36. The first-order valence-corrected chi connectivity index (χ1v) is 11.3. The summed E-state index contributed by atoms with van der Waals surface area (Å²) in [5, 5.41) is 0. The number of carbonyl (C=O) groups excluding carboxylic acids is 1. The highest BCUT2D eigenvalue weighted by Gasteiger charge is 2.29. The first-order valence-electron chi connectivity index (χ1n) is 9.45. The van der Waals surface area contributed by atoms with Crippen LogP contribution in [0.5, 0.6) is 0 Å². The van der Waals surface area contributed by atoms with E-state index in [1.165, 1.54) is 25.5 Å². The van der Waals surface area contributed by atoms with Crippen LogP contribution in [0.2, 0.25) is 0 Å². The lowest BCUT2D eigenvalue weighted by atomic mass is 10.1. The van der Waals surface area contributed by atoms with Crippen LogP contribution < -0.4 is 0 Å². The van der Waals surface area contributed by atoms with Crippen molar-refractivity contribution in [3.63, 3.8) is 0 Å². The predicted octanol–water partition coefficient (Wildman–Crippen LogP) is 2.58. The molecule has 0 N–H and O–H groups in total. The van der Waals surface area contributed by atoms with Gasteiger partial charge in [0, 0.05) is 31.5 Å². The Bertz CT molecular complexity index is 750. The van der Waals surface area contributed by atoms with Gasteiger partial charge in [-0.2, -0.15) is 0 Å². The molecule has 2 aliphatic rings. The molecule has 0 bridgehead atoms. The van der Waals surface area contributed by atoms with Crippen LogP contribution in [-0.4, -0.2) is 62.6 Å². The van der Waals surface area contributed by atoms with Crippen molar-refractivity contribution in [1.82, 2.24) is 9.80 Å². The number of amides is 1. The van der Waals surface area contributed by atoms with Crippen molar-refractivity contribution in [2.45, 2.75) is 43.0 Å². The summed E-state index contributed by atoms with van der Waals surface area (Å²) in [6.07, 6.45) is 10.6. The van der Waals surface area contributed by atoms with Gasteiger partial charge in [0.2, 0.25) is 5.91 Å². The molecule has 0 saturated carbocycles. The molecule has 142 valence electrons. The van der Waals surface area contributed by atoms with Gasteiger partial charge in [0.05, 0.1) is 4.90 Å². The molecular weight excluding hydrogens is 348 g/mol. The van der Waals surface area contributed by atoms with Crippen LogP contribution in [-0.2, 0) is 14.6 Å². The maximum Gasteiger partial charge on any atom is 0.246 e. The molecule has 0 spiro atoms. The number of piperidine rings is 1. The van der Waals surface area contributed by atoms with E-state index in [-0.39, 0.29) is 5.91 Å². The highest BCUT2D eigenvalue weighted by molar-refractivity contribution is 7.90. The van der Waals surface area contributed by atoms with Gasteiger partial charge in [-0.1, -0.05) is 18.6 Å². The van der Waals surface area contributed by atoms with Crippen LogP contribution in [0.25, 0.3) is 6.08 Å². The molecule has 1 aromatic rings. The Labute approximate surface area is 156 Å².